The molecule has 29 heavy (non-hydrogen) atoms. The third kappa shape index (κ3) is 3.94. The molecule has 1 fully saturated rings. The zero-order chi connectivity index (χ0) is 20.2. The molecule has 0 bridgehead atoms. The van der Waals surface area contributed by atoms with E-state index in [0.29, 0.717) is 43.7 Å². The molecule has 1 saturated heterocycles. The first-order valence-electron chi connectivity index (χ1n) is 9.93. The average molecular weight is 392 g/mol. The number of hydrogen-bond acceptors (Lipinski definition) is 4. The summed E-state index contributed by atoms with van der Waals surface area (Å²) in [6.45, 7) is 3.20. The van der Waals surface area contributed by atoms with Gasteiger partial charge in [-0.15, -0.1) is 0 Å². The Balaban J connectivity index is 1.39. The van der Waals surface area contributed by atoms with Crippen LogP contribution in [-0.4, -0.2) is 45.6 Å². The summed E-state index contributed by atoms with van der Waals surface area (Å²) in [5.74, 6) is 0.144. The Hall–Kier alpha value is -3.35. The second-order valence-corrected chi connectivity index (χ2v) is 7.12. The first kappa shape index (κ1) is 19.0. The van der Waals surface area contributed by atoms with Gasteiger partial charge in [-0.2, -0.15) is 5.10 Å². The van der Waals surface area contributed by atoms with E-state index in [1.165, 1.54) is 6.26 Å². The fourth-order valence-corrected chi connectivity index (χ4v) is 3.74. The molecular weight excluding hydrogens is 368 g/mol. The highest BCUT2D eigenvalue weighted by atomic mass is 16.3. The van der Waals surface area contributed by atoms with Gasteiger partial charge in [0.1, 0.15) is 0 Å². The molecule has 0 spiro atoms. The lowest BCUT2D eigenvalue weighted by atomic mass is 10.0. The number of carbonyl (C=O) groups is 2. The smallest absolute Gasteiger partial charge is 0.289 e. The number of likely N-dealkylation sites (tertiary alicyclic amines) is 1. The molecule has 150 valence electrons. The molecule has 3 heterocycles. The highest BCUT2D eigenvalue weighted by Gasteiger charge is 2.27. The van der Waals surface area contributed by atoms with Crippen LogP contribution in [0.15, 0.2) is 59.3 Å². The van der Waals surface area contributed by atoms with Crippen molar-refractivity contribution < 1.29 is 14.0 Å². The number of amides is 2. The molecule has 0 unspecified atom stereocenters. The number of rotatable bonds is 5. The molecular formula is C22H24N4O3. The van der Waals surface area contributed by atoms with Crippen LogP contribution < -0.4 is 5.32 Å². The summed E-state index contributed by atoms with van der Waals surface area (Å²) in [7, 11) is 0. The molecule has 0 radical (unpaired) electrons. The molecule has 2 amide bonds. The molecule has 1 aromatic carbocycles. The van der Waals surface area contributed by atoms with Crippen LogP contribution in [0.4, 0.5) is 0 Å². The second kappa shape index (κ2) is 8.34. The maximum atomic E-state index is 12.9. The third-order valence-corrected chi connectivity index (χ3v) is 5.30. The van der Waals surface area contributed by atoms with E-state index >= 15 is 0 Å². The van der Waals surface area contributed by atoms with Crippen molar-refractivity contribution in [3.63, 3.8) is 0 Å². The SMILES string of the molecule is CCc1c(C(=O)NC2CCN(C(=O)c3ccco3)CC2)cnn1-c1ccccc1. The van der Waals surface area contributed by atoms with Gasteiger partial charge in [-0.3, -0.25) is 9.59 Å². The Bertz CT molecular complexity index is 971. The van der Waals surface area contributed by atoms with Gasteiger partial charge >= 0.3 is 0 Å². The minimum absolute atomic E-state index is 0.0351. The van der Waals surface area contributed by atoms with Crippen molar-refractivity contribution >= 4 is 11.8 Å². The molecule has 4 rings (SSSR count). The molecule has 0 saturated carbocycles. The third-order valence-electron chi connectivity index (χ3n) is 5.30. The Morgan fingerprint density at radius 1 is 1.14 bits per heavy atom. The Kier molecular flexibility index (Phi) is 5.46. The van der Waals surface area contributed by atoms with Crippen LogP contribution >= 0.6 is 0 Å². The van der Waals surface area contributed by atoms with E-state index in [1.807, 2.05) is 41.9 Å². The number of aromatic nitrogens is 2. The molecule has 3 aromatic rings. The lowest BCUT2D eigenvalue weighted by Gasteiger charge is -2.31. The molecule has 7 heteroatoms. The zero-order valence-electron chi connectivity index (χ0n) is 16.4. The van der Waals surface area contributed by atoms with Gasteiger partial charge in [0.05, 0.1) is 29.4 Å². The standard InChI is InChI=1S/C22H24N4O3/c1-2-19-18(15-23-26(19)17-7-4-3-5-8-17)21(27)24-16-10-12-25(13-11-16)22(28)20-9-6-14-29-20/h3-9,14-16H,2,10-13H2,1H3,(H,24,27). The molecule has 2 aromatic heterocycles. The summed E-state index contributed by atoms with van der Waals surface area (Å²) >= 11 is 0. The average Bonchev–Trinajstić information content (AvgIpc) is 3.44. The van der Waals surface area contributed by atoms with Gasteiger partial charge in [0.15, 0.2) is 5.76 Å². The number of nitrogens with zero attached hydrogens (tertiary/aromatic N) is 3. The molecule has 0 atom stereocenters. The first-order valence-corrected chi connectivity index (χ1v) is 9.93. The molecule has 1 aliphatic heterocycles. The van der Waals surface area contributed by atoms with Gasteiger partial charge in [-0.05, 0) is 43.5 Å². The van der Waals surface area contributed by atoms with Crippen LogP contribution in [0, 0.1) is 0 Å². The Morgan fingerprint density at radius 3 is 2.55 bits per heavy atom. The summed E-state index contributed by atoms with van der Waals surface area (Å²) in [5.41, 5.74) is 2.43. The number of hydrogen-bond donors (Lipinski definition) is 1. The maximum absolute atomic E-state index is 12.9. The van der Waals surface area contributed by atoms with Gasteiger partial charge in [0, 0.05) is 19.1 Å². The van der Waals surface area contributed by atoms with Crippen LogP contribution in [0.1, 0.15) is 46.4 Å². The van der Waals surface area contributed by atoms with Crippen LogP contribution in [0.2, 0.25) is 0 Å². The monoisotopic (exact) mass is 392 g/mol. The Labute approximate surface area is 169 Å². The van der Waals surface area contributed by atoms with E-state index in [2.05, 4.69) is 10.4 Å². The van der Waals surface area contributed by atoms with E-state index in [9.17, 15) is 9.59 Å². The van der Waals surface area contributed by atoms with Crippen molar-refractivity contribution in [3.05, 3.63) is 71.9 Å². The maximum Gasteiger partial charge on any atom is 0.289 e. The number of nitrogens with one attached hydrogen (secondary N) is 1. The van der Waals surface area contributed by atoms with E-state index in [4.69, 9.17) is 4.42 Å². The van der Waals surface area contributed by atoms with Gasteiger partial charge in [0.2, 0.25) is 0 Å². The largest absolute Gasteiger partial charge is 0.459 e. The van der Waals surface area contributed by atoms with Crippen LogP contribution in [-0.2, 0) is 6.42 Å². The topological polar surface area (TPSA) is 80.4 Å². The van der Waals surface area contributed by atoms with Crippen LogP contribution in [0.3, 0.4) is 0 Å². The van der Waals surface area contributed by atoms with Gasteiger partial charge < -0.3 is 14.6 Å². The predicted molar refractivity (Wildman–Crippen MR) is 108 cm³/mol. The van der Waals surface area contributed by atoms with Crippen molar-refractivity contribution in [1.29, 1.82) is 0 Å². The predicted octanol–water partition coefficient (Wildman–Crippen LogP) is 3.06. The lowest BCUT2D eigenvalue weighted by Crippen LogP contribution is -2.46. The van der Waals surface area contributed by atoms with E-state index in [1.54, 1.807) is 23.2 Å². The van der Waals surface area contributed by atoms with E-state index < -0.39 is 0 Å². The zero-order valence-corrected chi connectivity index (χ0v) is 16.4. The highest BCUT2D eigenvalue weighted by Crippen LogP contribution is 2.18. The highest BCUT2D eigenvalue weighted by molar-refractivity contribution is 5.95. The lowest BCUT2D eigenvalue weighted by molar-refractivity contribution is 0.0667. The van der Waals surface area contributed by atoms with Crippen LogP contribution in [0.5, 0.6) is 0 Å². The van der Waals surface area contributed by atoms with Crippen molar-refractivity contribution in [2.24, 2.45) is 0 Å². The van der Waals surface area contributed by atoms with Gasteiger partial charge in [-0.1, -0.05) is 25.1 Å². The fraction of sp³-hybridized carbons (Fsp3) is 0.318. The number of furan rings is 1. The van der Waals surface area contributed by atoms with E-state index in [0.717, 1.165) is 11.4 Å². The number of para-hydroxylation sites is 1. The minimum atomic E-state index is -0.111. The minimum Gasteiger partial charge on any atom is -0.459 e. The van der Waals surface area contributed by atoms with Crippen LogP contribution in [0.25, 0.3) is 5.69 Å². The summed E-state index contributed by atoms with van der Waals surface area (Å²) in [6, 6.07) is 13.2. The first-order chi connectivity index (χ1) is 14.2. The van der Waals surface area contributed by atoms with Crippen molar-refractivity contribution in [2.45, 2.75) is 32.2 Å². The van der Waals surface area contributed by atoms with Crippen molar-refractivity contribution in [2.75, 3.05) is 13.1 Å². The molecule has 1 aliphatic rings. The fourth-order valence-electron chi connectivity index (χ4n) is 3.74. The molecule has 1 N–H and O–H groups in total. The molecule has 7 nitrogen and oxygen atoms in total. The summed E-state index contributed by atoms with van der Waals surface area (Å²) in [5, 5.41) is 7.54. The number of benzene rings is 1. The normalized spacial score (nSPS) is 14.7. The second-order valence-electron chi connectivity index (χ2n) is 7.12. The summed E-state index contributed by atoms with van der Waals surface area (Å²) in [4.78, 5) is 27.0. The van der Waals surface area contributed by atoms with Gasteiger partial charge in [0.25, 0.3) is 11.8 Å². The quantitative estimate of drug-likeness (QED) is 0.724. The Morgan fingerprint density at radius 2 is 1.90 bits per heavy atom. The number of piperidine rings is 1. The van der Waals surface area contributed by atoms with Gasteiger partial charge in [-0.25, -0.2) is 4.68 Å². The van der Waals surface area contributed by atoms with Crippen molar-refractivity contribution in [3.8, 4) is 5.69 Å². The van der Waals surface area contributed by atoms with Crippen molar-refractivity contribution in [1.82, 2.24) is 20.0 Å². The summed E-state index contributed by atoms with van der Waals surface area (Å²) in [6.07, 6.45) is 5.27. The summed E-state index contributed by atoms with van der Waals surface area (Å²) < 4.78 is 7.01. The van der Waals surface area contributed by atoms with E-state index in [-0.39, 0.29) is 17.9 Å². The molecule has 0 aliphatic carbocycles. The number of carbonyl (C=O) groups excluding carboxylic acids is 2.